The Morgan fingerprint density at radius 2 is 1.95 bits per heavy atom. The molecule has 0 amide bonds. The first kappa shape index (κ1) is 13.5. The SMILES string of the molecule is CCCOc1ccc(CNCc2ccncn2)cc1. The first-order valence-electron chi connectivity index (χ1n) is 6.56. The second-order valence-electron chi connectivity index (χ2n) is 4.30. The average molecular weight is 257 g/mol. The molecular weight excluding hydrogens is 238 g/mol. The van der Waals surface area contributed by atoms with Gasteiger partial charge < -0.3 is 10.1 Å². The number of rotatable bonds is 7. The minimum absolute atomic E-state index is 0.747. The third kappa shape index (κ3) is 4.67. The van der Waals surface area contributed by atoms with E-state index in [1.54, 1.807) is 12.5 Å². The molecule has 0 unspecified atom stereocenters. The lowest BCUT2D eigenvalue weighted by Gasteiger charge is -2.07. The van der Waals surface area contributed by atoms with Crippen LogP contribution in [0.1, 0.15) is 24.6 Å². The number of ether oxygens (including phenoxy) is 1. The Morgan fingerprint density at radius 3 is 2.63 bits per heavy atom. The molecule has 1 aromatic carbocycles. The number of nitrogens with one attached hydrogen (secondary N) is 1. The second-order valence-corrected chi connectivity index (χ2v) is 4.30. The number of benzene rings is 1. The molecule has 0 bridgehead atoms. The Morgan fingerprint density at radius 1 is 1.11 bits per heavy atom. The van der Waals surface area contributed by atoms with E-state index in [1.165, 1.54) is 5.56 Å². The average Bonchev–Trinajstić information content (AvgIpc) is 2.47. The number of nitrogens with zero attached hydrogens (tertiary/aromatic N) is 2. The van der Waals surface area contributed by atoms with Gasteiger partial charge in [0.25, 0.3) is 0 Å². The van der Waals surface area contributed by atoms with Crippen LogP contribution >= 0.6 is 0 Å². The summed E-state index contributed by atoms with van der Waals surface area (Å²) in [5.74, 6) is 0.932. The predicted molar refractivity (Wildman–Crippen MR) is 74.8 cm³/mol. The summed E-state index contributed by atoms with van der Waals surface area (Å²) in [5.41, 5.74) is 2.23. The van der Waals surface area contributed by atoms with Gasteiger partial charge in [-0.15, -0.1) is 0 Å². The van der Waals surface area contributed by atoms with E-state index in [0.29, 0.717) is 0 Å². The van der Waals surface area contributed by atoms with Crippen molar-refractivity contribution in [2.24, 2.45) is 0 Å². The van der Waals surface area contributed by atoms with Crippen LogP contribution in [0, 0.1) is 0 Å². The summed E-state index contributed by atoms with van der Waals surface area (Å²) in [5, 5.41) is 3.35. The summed E-state index contributed by atoms with van der Waals surface area (Å²) < 4.78 is 5.55. The Hall–Kier alpha value is -1.94. The van der Waals surface area contributed by atoms with Crippen LogP contribution in [-0.4, -0.2) is 16.6 Å². The molecule has 1 N–H and O–H groups in total. The largest absolute Gasteiger partial charge is 0.494 e. The minimum Gasteiger partial charge on any atom is -0.494 e. The van der Waals surface area contributed by atoms with Crippen LogP contribution in [0.25, 0.3) is 0 Å². The lowest BCUT2D eigenvalue weighted by Crippen LogP contribution is -2.13. The van der Waals surface area contributed by atoms with Crippen LogP contribution in [0.2, 0.25) is 0 Å². The van der Waals surface area contributed by atoms with E-state index in [9.17, 15) is 0 Å². The normalized spacial score (nSPS) is 10.4. The monoisotopic (exact) mass is 257 g/mol. The summed E-state index contributed by atoms with van der Waals surface area (Å²) in [6.07, 6.45) is 4.35. The highest BCUT2D eigenvalue weighted by molar-refractivity contribution is 5.27. The summed E-state index contributed by atoms with van der Waals surface area (Å²) >= 11 is 0. The molecule has 1 aromatic heterocycles. The maximum Gasteiger partial charge on any atom is 0.119 e. The highest BCUT2D eigenvalue weighted by atomic mass is 16.5. The highest BCUT2D eigenvalue weighted by Crippen LogP contribution is 2.12. The van der Waals surface area contributed by atoms with Crippen molar-refractivity contribution in [3.05, 3.63) is 54.1 Å². The van der Waals surface area contributed by atoms with Crippen molar-refractivity contribution in [3.8, 4) is 5.75 Å². The van der Waals surface area contributed by atoms with Gasteiger partial charge in [0.1, 0.15) is 12.1 Å². The van der Waals surface area contributed by atoms with Gasteiger partial charge in [-0.1, -0.05) is 19.1 Å². The summed E-state index contributed by atoms with van der Waals surface area (Å²) in [7, 11) is 0. The summed E-state index contributed by atoms with van der Waals surface area (Å²) in [4.78, 5) is 8.06. The Kier molecular flexibility index (Phi) is 5.31. The fourth-order valence-corrected chi connectivity index (χ4v) is 1.68. The van der Waals surface area contributed by atoms with Gasteiger partial charge in [-0.2, -0.15) is 0 Å². The van der Waals surface area contributed by atoms with Crippen molar-refractivity contribution in [1.29, 1.82) is 0 Å². The fraction of sp³-hybridized carbons (Fsp3) is 0.333. The molecule has 100 valence electrons. The molecule has 0 aliphatic rings. The van der Waals surface area contributed by atoms with Gasteiger partial charge in [-0.05, 0) is 30.2 Å². The van der Waals surface area contributed by atoms with Gasteiger partial charge in [0.2, 0.25) is 0 Å². The zero-order chi connectivity index (χ0) is 13.3. The third-order valence-corrected chi connectivity index (χ3v) is 2.67. The number of hydrogen-bond acceptors (Lipinski definition) is 4. The zero-order valence-electron chi connectivity index (χ0n) is 11.2. The van der Waals surface area contributed by atoms with E-state index in [-0.39, 0.29) is 0 Å². The zero-order valence-corrected chi connectivity index (χ0v) is 11.2. The molecule has 0 aliphatic heterocycles. The van der Waals surface area contributed by atoms with E-state index in [2.05, 4.69) is 34.3 Å². The van der Waals surface area contributed by atoms with Gasteiger partial charge in [0.05, 0.1) is 12.3 Å². The predicted octanol–water partition coefficient (Wildman–Crippen LogP) is 2.56. The quantitative estimate of drug-likeness (QED) is 0.828. The molecule has 4 nitrogen and oxygen atoms in total. The van der Waals surface area contributed by atoms with Gasteiger partial charge in [0.15, 0.2) is 0 Å². The van der Waals surface area contributed by atoms with Crippen LogP contribution in [0.15, 0.2) is 42.9 Å². The Bertz CT molecular complexity index is 471. The fourth-order valence-electron chi connectivity index (χ4n) is 1.68. The lowest BCUT2D eigenvalue weighted by molar-refractivity contribution is 0.317. The summed E-state index contributed by atoms with van der Waals surface area (Å²) in [6.45, 7) is 4.44. The maximum atomic E-state index is 5.55. The van der Waals surface area contributed by atoms with E-state index in [1.807, 2.05) is 18.2 Å². The Labute approximate surface area is 113 Å². The van der Waals surface area contributed by atoms with E-state index >= 15 is 0 Å². The lowest BCUT2D eigenvalue weighted by atomic mass is 10.2. The molecule has 0 spiro atoms. The van der Waals surface area contributed by atoms with Crippen LogP contribution < -0.4 is 10.1 Å². The molecule has 0 saturated carbocycles. The topological polar surface area (TPSA) is 47.0 Å². The minimum atomic E-state index is 0.747. The third-order valence-electron chi connectivity index (χ3n) is 2.67. The van der Waals surface area contributed by atoms with E-state index in [0.717, 1.165) is 37.6 Å². The van der Waals surface area contributed by atoms with Crippen LogP contribution in [0.4, 0.5) is 0 Å². The van der Waals surface area contributed by atoms with Gasteiger partial charge in [-0.25, -0.2) is 9.97 Å². The first-order valence-corrected chi connectivity index (χ1v) is 6.56. The van der Waals surface area contributed by atoms with Gasteiger partial charge in [0, 0.05) is 19.3 Å². The van der Waals surface area contributed by atoms with Crippen molar-refractivity contribution in [2.45, 2.75) is 26.4 Å². The van der Waals surface area contributed by atoms with Crippen LogP contribution in [-0.2, 0) is 13.1 Å². The molecule has 19 heavy (non-hydrogen) atoms. The van der Waals surface area contributed by atoms with Crippen LogP contribution in [0.3, 0.4) is 0 Å². The molecule has 0 saturated heterocycles. The maximum absolute atomic E-state index is 5.55. The number of aromatic nitrogens is 2. The molecule has 0 atom stereocenters. The van der Waals surface area contributed by atoms with Crippen molar-refractivity contribution in [3.63, 3.8) is 0 Å². The first-order chi connectivity index (χ1) is 9.38. The molecule has 0 aliphatic carbocycles. The molecule has 4 heteroatoms. The molecule has 2 aromatic rings. The van der Waals surface area contributed by atoms with Gasteiger partial charge in [-0.3, -0.25) is 0 Å². The van der Waals surface area contributed by atoms with Crippen LogP contribution in [0.5, 0.6) is 5.75 Å². The molecule has 1 heterocycles. The van der Waals surface area contributed by atoms with Crippen molar-refractivity contribution >= 4 is 0 Å². The number of hydrogen-bond donors (Lipinski definition) is 1. The van der Waals surface area contributed by atoms with E-state index < -0.39 is 0 Å². The van der Waals surface area contributed by atoms with Crippen molar-refractivity contribution in [2.75, 3.05) is 6.61 Å². The van der Waals surface area contributed by atoms with Gasteiger partial charge >= 0.3 is 0 Å². The van der Waals surface area contributed by atoms with Crippen molar-refractivity contribution < 1.29 is 4.74 Å². The highest BCUT2D eigenvalue weighted by Gasteiger charge is 1.96. The standard InChI is InChI=1S/C15H19N3O/c1-2-9-19-15-5-3-13(4-6-15)10-17-11-14-7-8-16-12-18-14/h3-8,12,17H,2,9-11H2,1H3. The van der Waals surface area contributed by atoms with Crippen molar-refractivity contribution in [1.82, 2.24) is 15.3 Å². The van der Waals surface area contributed by atoms with E-state index in [4.69, 9.17) is 4.74 Å². The Balaban J connectivity index is 1.77. The molecule has 0 fully saturated rings. The molecule has 0 radical (unpaired) electrons. The summed E-state index contributed by atoms with van der Waals surface area (Å²) in [6, 6.07) is 10.1. The molecule has 2 rings (SSSR count). The molecular formula is C15H19N3O. The smallest absolute Gasteiger partial charge is 0.119 e. The second kappa shape index (κ2) is 7.48.